The van der Waals surface area contributed by atoms with Gasteiger partial charge in [0.1, 0.15) is 0 Å². The second-order valence-corrected chi connectivity index (χ2v) is 5.25. The molecule has 0 aliphatic carbocycles. The molecule has 0 amide bonds. The molecule has 2 unspecified atom stereocenters. The lowest BCUT2D eigenvalue weighted by Gasteiger charge is -2.17. The highest BCUT2D eigenvalue weighted by molar-refractivity contribution is 6.33. The third-order valence-corrected chi connectivity index (χ3v) is 3.90. The minimum Gasteiger partial charge on any atom is -0.123 e. The summed E-state index contributed by atoms with van der Waals surface area (Å²) >= 11 is 18.2. The molecule has 0 nitrogen and oxygen atoms in total. The van der Waals surface area contributed by atoms with Gasteiger partial charge in [0.25, 0.3) is 0 Å². The van der Waals surface area contributed by atoms with Gasteiger partial charge in [-0.05, 0) is 42.5 Å². The molecule has 0 aliphatic rings. The molecule has 84 valence electrons. The summed E-state index contributed by atoms with van der Waals surface area (Å²) in [4.78, 5) is 0. The van der Waals surface area contributed by atoms with Crippen LogP contribution >= 0.6 is 34.8 Å². The largest absolute Gasteiger partial charge is 0.123 e. The van der Waals surface area contributed by atoms with Crippen molar-refractivity contribution in [2.45, 2.75) is 32.1 Å². The highest BCUT2D eigenvalue weighted by Gasteiger charge is 2.14. The average molecular weight is 266 g/mol. The molecule has 1 aromatic carbocycles. The Bertz CT molecular complexity index is 323. The summed E-state index contributed by atoms with van der Waals surface area (Å²) in [5, 5.41) is 1.69. The van der Waals surface area contributed by atoms with Crippen molar-refractivity contribution in [2.24, 2.45) is 5.92 Å². The molecule has 15 heavy (non-hydrogen) atoms. The summed E-state index contributed by atoms with van der Waals surface area (Å²) in [5.74, 6) is 0.410. The van der Waals surface area contributed by atoms with Crippen molar-refractivity contribution < 1.29 is 0 Å². The third-order valence-electron chi connectivity index (χ3n) is 2.56. The lowest BCUT2D eigenvalue weighted by Crippen LogP contribution is -2.13. The van der Waals surface area contributed by atoms with Gasteiger partial charge in [0.2, 0.25) is 0 Å². The molecule has 3 heteroatoms. The third kappa shape index (κ3) is 3.86. The Hall–Kier alpha value is 0.0900. The van der Waals surface area contributed by atoms with Crippen LogP contribution in [0.2, 0.25) is 10.0 Å². The van der Waals surface area contributed by atoms with E-state index in [0.717, 1.165) is 28.5 Å². The number of halogens is 3. The quantitative estimate of drug-likeness (QED) is 0.657. The van der Waals surface area contributed by atoms with Crippen LogP contribution in [0.5, 0.6) is 0 Å². The Labute approximate surface area is 107 Å². The van der Waals surface area contributed by atoms with E-state index in [1.165, 1.54) is 0 Å². The number of alkyl halides is 1. The fraction of sp³-hybridized carbons (Fsp3) is 0.500. The van der Waals surface area contributed by atoms with Crippen molar-refractivity contribution in [3.05, 3.63) is 33.8 Å². The lowest BCUT2D eigenvalue weighted by molar-refractivity contribution is 0.531. The van der Waals surface area contributed by atoms with Gasteiger partial charge in [-0.25, -0.2) is 0 Å². The van der Waals surface area contributed by atoms with Crippen LogP contribution in [-0.2, 0) is 6.42 Å². The molecule has 0 aliphatic heterocycles. The highest BCUT2D eigenvalue weighted by atomic mass is 35.5. The van der Waals surface area contributed by atoms with Crippen LogP contribution in [0.3, 0.4) is 0 Å². The molecule has 0 saturated heterocycles. The van der Waals surface area contributed by atoms with E-state index >= 15 is 0 Å². The maximum absolute atomic E-state index is 6.18. The molecular weight excluding hydrogens is 250 g/mol. The first kappa shape index (κ1) is 13.2. The standard InChI is InChI=1S/C12H15Cl3/c1-3-11(14)8(2)6-9-7-10(13)4-5-12(9)15/h4-5,7-8,11H,3,6H2,1-2H3. The smallest absolute Gasteiger partial charge is 0.0439 e. The molecule has 1 aromatic rings. The summed E-state index contributed by atoms with van der Waals surface area (Å²) < 4.78 is 0. The van der Waals surface area contributed by atoms with Gasteiger partial charge in [0.15, 0.2) is 0 Å². The fourth-order valence-corrected chi connectivity index (χ4v) is 2.06. The minimum absolute atomic E-state index is 0.194. The van der Waals surface area contributed by atoms with Gasteiger partial charge < -0.3 is 0 Å². The molecule has 0 bridgehead atoms. The summed E-state index contributed by atoms with van der Waals surface area (Å²) in [6.45, 7) is 4.23. The van der Waals surface area contributed by atoms with Crippen molar-refractivity contribution in [3.8, 4) is 0 Å². The van der Waals surface area contributed by atoms with Gasteiger partial charge in [-0.15, -0.1) is 11.6 Å². The predicted molar refractivity (Wildman–Crippen MR) is 69.3 cm³/mol. The van der Waals surface area contributed by atoms with Crippen LogP contribution in [0.15, 0.2) is 18.2 Å². The zero-order valence-corrected chi connectivity index (χ0v) is 11.2. The molecule has 0 N–H and O–H groups in total. The van der Waals surface area contributed by atoms with E-state index in [4.69, 9.17) is 34.8 Å². The monoisotopic (exact) mass is 264 g/mol. The van der Waals surface area contributed by atoms with Crippen molar-refractivity contribution in [3.63, 3.8) is 0 Å². The van der Waals surface area contributed by atoms with Crippen molar-refractivity contribution in [1.29, 1.82) is 0 Å². The van der Waals surface area contributed by atoms with Crippen LogP contribution in [0, 0.1) is 5.92 Å². The van der Waals surface area contributed by atoms with E-state index in [9.17, 15) is 0 Å². The molecule has 0 saturated carbocycles. The van der Waals surface area contributed by atoms with Gasteiger partial charge in [-0.1, -0.05) is 37.0 Å². The maximum Gasteiger partial charge on any atom is 0.0439 e. The maximum atomic E-state index is 6.18. The van der Waals surface area contributed by atoms with Crippen molar-refractivity contribution >= 4 is 34.8 Å². The second-order valence-electron chi connectivity index (χ2n) is 3.84. The Morgan fingerprint density at radius 3 is 2.53 bits per heavy atom. The summed E-state index contributed by atoms with van der Waals surface area (Å²) in [5.41, 5.74) is 1.08. The molecule has 0 heterocycles. The summed E-state index contributed by atoms with van der Waals surface area (Å²) in [6, 6.07) is 5.55. The van der Waals surface area contributed by atoms with E-state index < -0.39 is 0 Å². The van der Waals surface area contributed by atoms with Gasteiger partial charge >= 0.3 is 0 Å². The Morgan fingerprint density at radius 2 is 1.93 bits per heavy atom. The Kier molecular flexibility index (Phi) is 5.25. The first-order chi connectivity index (χ1) is 7.04. The Morgan fingerprint density at radius 1 is 1.27 bits per heavy atom. The molecule has 0 aromatic heterocycles. The van der Waals surface area contributed by atoms with Crippen LogP contribution in [0.1, 0.15) is 25.8 Å². The summed E-state index contributed by atoms with van der Waals surface area (Å²) in [7, 11) is 0. The first-order valence-corrected chi connectivity index (χ1v) is 6.31. The number of hydrogen-bond donors (Lipinski definition) is 0. The van der Waals surface area contributed by atoms with E-state index in [2.05, 4.69) is 13.8 Å². The van der Waals surface area contributed by atoms with Gasteiger partial charge in [-0.2, -0.15) is 0 Å². The molecular formula is C12H15Cl3. The van der Waals surface area contributed by atoms with Crippen molar-refractivity contribution in [1.82, 2.24) is 0 Å². The topological polar surface area (TPSA) is 0 Å². The van der Waals surface area contributed by atoms with Gasteiger partial charge in [0, 0.05) is 15.4 Å². The number of rotatable bonds is 4. The average Bonchev–Trinajstić information content (AvgIpc) is 2.22. The normalized spacial score (nSPS) is 15.0. The lowest BCUT2D eigenvalue weighted by atomic mass is 9.96. The zero-order chi connectivity index (χ0) is 11.4. The Balaban J connectivity index is 2.75. The van der Waals surface area contributed by atoms with Crippen LogP contribution < -0.4 is 0 Å². The van der Waals surface area contributed by atoms with E-state index in [-0.39, 0.29) is 5.38 Å². The predicted octanol–water partition coefficient (Wildman–Crippen LogP) is 5.19. The molecule has 1 rings (SSSR count). The highest BCUT2D eigenvalue weighted by Crippen LogP contribution is 2.26. The van der Waals surface area contributed by atoms with Crippen LogP contribution in [-0.4, -0.2) is 5.38 Å². The van der Waals surface area contributed by atoms with Crippen molar-refractivity contribution in [2.75, 3.05) is 0 Å². The van der Waals surface area contributed by atoms with E-state index in [1.54, 1.807) is 6.07 Å². The van der Waals surface area contributed by atoms with Crippen LogP contribution in [0.4, 0.5) is 0 Å². The fourth-order valence-electron chi connectivity index (χ4n) is 1.58. The van der Waals surface area contributed by atoms with E-state index in [0.29, 0.717) is 5.92 Å². The summed E-state index contributed by atoms with van der Waals surface area (Å²) in [6.07, 6.45) is 1.85. The number of hydrogen-bond acceptors (Lipinski definition) is 0. The van der Waals surface area contributed by atoms with Crippen LogP contribution in [0.25, 0.3) is 0 Å². The molecule has 0 radical (unpaired) electrons. The zero-order valence-electron chi connectivity index (χ0n) is 8.93. The van der Waals surface area contributed by atoms with Gasteiger partial charge in [-0.3, -0.25) is 0 Å². The molecule has 0 fully saturated rings. The SMILES string of the molecule is CCC(Cl)C(C)Cc1cc(Cl)ccc1Cl. The van der Waals surface area contributed by atoms with Gasteiger partial charge in [0.05, 0.1) is 0 Å². The molecule has 2 atom stereocenters. The minimum atomic E-state index is 0.194. The first-order valence-electron chi connectivity index (χ1n) is 5.12. The molecule has 0 spiro atoms. The number of benzene rings is 1. The van der Waals surface area contributed by atoms with E-state index in [1.807, 2.05) is 12.1 Å². The second kappa shape index (κ2) is 5.98.